The van der Waals surface area contributed by atoms with Gasteiger partial charge in [0.1, 0.15) is 6.61 Å². The van der Waals surface area contributed by atoms with Crippen molar-refractivity contribution in [2.75, 3.05) is 20.3 Å². The second kappa shape index (κ2) is 10.00. The van der Waals surface area contributed by atoms with Gasteiger partial charge in [0.25, 0.3) is 0 Å². The van der Waals surface area contributed by atoms with Crippen molar-refractivity contribution in [3.8, 4) is 23.8 Å². The van der Waals surface area contributed by atoms with Crippen LogP contribution in [0.3, 0.4) is 0 Å². The fraction of sp³-hybridized carbons (Fsp3) is 0.286. The minimum absolute atomic E-state index is 0.159. The molecule has 0 aliphatic carbocycles. The Balaban J connectivity index is 1.80. The van der Waals surface area contributed by atoms with Crippen LogP contribution in [0.5, 0.6) is 11.5 Å². The molecule has 0 fully saturated rings. The van der Waals surface area contributed by atoms with Gasteiger partial charge in [-0.25, -0.2) is 4.79 Å². The predicted octanol–water partition coefficient (Wildman–Crippen LogP) is 3.06. The molecule has 0 heterocycles. The SMILES string of the molecule is C#CCOc1cc(CNC(=O)NCCc2cccc(C)c2)ccc1OC. The highest BCUT2D eigenvalue weighted by atomic mass is 16.5. The van der Waals surface area contributed by atoms with Crippen LogP contribution in [-0.4, -0.2) is 26.3 Å². The largest absolute Gasteiger partial charge is 0.493 e. The van der Waals surface area contributed by atoms with Crippen molar-refractivity contribution in [2.45, 2.75) is 19.9 Å². The number of hydrogen-bond acceptors (Lipinski definition) is 3. The highest BCUT2D eigenvalue weighted by molar-refractivity contribution is 5.73. The summed E-state index contributed by atoms with van der Waals surface area (Å²) in [6, 6.07) is 13.5. The van der Waals surface area contributed by atoms with E-state index in [9.17, 15) is 4.79 Å². The molecule has 0 aliphatic rings. The molecule has 0 saturated carbocycles. The summed E-state index contributed by atoms with van der Waals surface area (Å²) in [7, 11) is 1.57. The zero-order valence-corrected chi connectivity index (χ0v) is 15.2. The number of hydrogen-bond donors (Lipinski definition) is 2. The lowest BCUT2D eigenvalue weighted by molar-refractivity contribution is 0.240. The van der Waals surface area contributed by atoms with Gasteiger partial charge < -0.3 is 20.1 Å². The Morgan fingerprint density at radius 2 is 1.96 bits per heavy atom. The number of aryl methyl sites for hydroxylation is 1. The summed E-state index contributed by atoms with van der Waals surface area (Å²) in [5.74, 6) is 3.58. The third kappa shape index (κ3) is 6.06. The van der Waals surface area contributed by atoms with Crippen LogP contribution in [0.1, 0.15) is 16.7 Å². The molecule has 136 valence electrons. The monoisotopic (exact) mass is 352 g/mol. The van der Waals surface area contributed by atoms with Crippen molar-refractivity contribution in [1.29, 1.82) is 0 Å². The first-order chi connectivity index (χ1) is 12.6. The molecular weight excluding hydrogens is 328 g/mol. The first-order valence-corrected chi connectivity index (χ1v) is 8.43. The first-order valence-electron chi connectivity index (χ1n) is 8.43. The maximum atomic E-state index is 11.9. The molecule has 2 aromatic carbocycles. The summed E-state index contributed by atoms with van der Waals surface area (Å²) in [6.07, 6.45) is 6.01. The van der Waals surface area contributed by atoms with Crippen LogP contribution < -0.4 is 20.1 Å². The Morgan fingerprint density at radius 3 is 2.69 bits per heavy atom. The zero-order valence-electron chi connectivity index (χ0n) is 15.2. The van der Waals surface area contributed by atoms with E-state index in [1.165, 1.54) is 11.1 Å². The van der Waals surface area contributed by atoms with Crippen LogP contribution in [-0.2, 0) is 13.0 Å². The van der Waals surface area contributed by atoms with E-state index in [0.717, 1.165) is 12.0 Å². The summed E-state index contributed by atoms with van der Waals surface area (Å²) in [5, 5.41) is 5.69. The molecule has 2 amide bonds. The van der Waals surface area contributed by atoms with E-state index in [4.69, 9.17) is 15.9 Å². The van der Waals surface area contributed by atoms with Crippen LogP contribution in [0.25, 0.3) is 0 Å². The van der Waals surface area contributed by atoms with Gasteiger partial charge in [-0.2, -0.15) is 0 Å². The van der Waals surface area contributed by atoms with E-state index in [-0.39, 0.29) is 12.6 Å². The van der Waals surface area contributed by atoms with E-state index in [2.05, 4.69) is 41.7 Å². The smallest absolute Gasteiger partial charge is 0.315 e. The number of carbonyl (C=O) groups excluding carboxylic acids is 1. The number of methoxy groups -OCH3 is 1. The number of rotatable bonds is 8. The van der Waals surface area contributed by atoms with Crippen molar-refractivity contribution >= 4 is 6.03 Å². The maximum absolute atomic E-state index is 11.9. The number of carbonyl (C=O) groups is 1. The van der Waals surface area contributed by atoms with Crippen LogP contribution in [0.15, 0.2) is 42.5 Å². The van der Waals surface area contributed by atoms with Crippen molar-refractivity contribution in [3.05, 3.63) is 59.2 Å². The molecule has 2 rings (SSSR count). The van der Waals surface area contributed by atoms with E-state index in [0.29, 0.717) is 24.6 Å². The number of urea groups is 1. The van der Waals surface area contributed by atoms with Gasteiger partial charge in [0.05, 0.1) is 7.11 Å². The summed E-state index contributed by atoms with van der Waals surface area (Å²) < 4.78 is 10.7. The molecule has 0 aliphatic heterocycles. The topological polar surface area (TPSA) is 59.6 Å². The van der Waals surface area contributed by atoms with Crippen molar-refractivity contribution < 1.29 is 14.3 Å². The standard InChI is InChI=1S/C21H24N2O3/c1-4-12-26-20-14-18(8-9-19(20)25-3)15-23-21(24)22-11-10-17-7-5-6-16(2)13-17/h1,5-9,13-14H,10-12,15H2,2-3H3,(H2,22,23,24). The second-order valence-electron chi connectivity index (χ2n) is 5.83. The Hall–Kier alpha value is -3.13. The average Bonchev–Trinajstić information content (AvgIpc) is 2.65. The quantitative estimate of drug-likeness (QED) is 0.718. The van der Waals surface area contributed by atoms with Crippen molar-refractivity contribution in [1.82, 2.24) is 10.6 Å². The van der Waals surface area contributed by atoms with Crippen molar-refractivity contribution in [3.63, 3.8) is 0 Å². The molecule has 0 unspecified atom stereocenters. The normalized spacial score (nSPS) is 9.88. The molecule has 0 saturated heterocycles. The lowest BCUT2D eigenvalue weighted by Gasteiger charge is -2.12. The van der Waals surface area contributed by atoms with Gasteiger partial charge in [0.2, 0.25) is 0 Å². The van der Waals surface area contributed by atoms with Gasteiger partial charge in [-0.05, 0) is 36.6 Å². The zero-order chi connectivity index (χ0) is 18.8. The van der Waals surface area contributed by atoms with Gasteiger partial charge in [-0.3, -0.25) is 0 Å². The van der Waals surface area contributed by atoms with Gasteiger partial charge in [-0.15, -0.1) is 6.42 Å². The highest BCUT2D eigenvalue weighted by Gasteiger charge is 2.07. The van der Waals surface area contributed by atoms with Crippen LogP contribution in [0.2, 0.25) is 0 Å². The molecule has 0 atom stereocenters. The van der Waals surface area contributed by atoms with Crippen LogP contribution in [0, 0.1) is 19.3 Å². The van der Waals surface area contributed by atoms with Crippen LogP contribution >= 0.6 is 0 Å². The fourth-order valence-corrected chi connectivity index (χ4v) is 2.50. The van der Waals surface area contributed by atoms with E-state index in [1.807, 2.05) is 18.2 Å². The molecule has 0 bridgehead atoms. The number of nitrogens with one attached hydrogen (secondary N) is 2. The number of terminal acetylenes is 1. The number of ether oxygens (including phenoxy) is 2. The van der Waals surface area contributed by atoms with Gasteiger partial charge >= 0.3 is 6.03 Å². The molecule has 2 aromatic rings. The molecule has 26 heavy (non-hydrogen) atoms. The Bertz CT molecular complexity index is 781. The summed E-state index contributed by atoms with van der Waals surface area (Å²) in [6.45, 7) is 3.17. The average molecular weight is 352 g/mol. The molecule has 5 nitrogen and oxygen atoms in total. The Kier molecular flexibility index (Phi) is 7.38. The van der Waals surface area contributed by atoms with Crippen LogP contribution in [0.4, 0.5) is 4.79 Å². The molecule has 2 N–H and O–H groups in total. The summed E-state index contributed by atoms with van der Waals surface area (Å²) in [5.41, 5.74) is 3.32. The third-order valence-electron chi connectivity index (χ3n) is 3.77. The van der Waals surface area contributed by atoms with Crippen molar-refractivity contribution in [2.24, 2.45) is 0 Å². The molecular formula is C21H24N2O3. The van der Waals surface area contributed by atoms with Gasteiger partial charge in [0.15, 0.2) is 11.5 Å². The van der Waals surface area contributed by atoms with E-state index < -0.39 is 0 Å². The molecule has 0 aromatic heterocycles. The summed E-state index contributed by atoms with van der Waals surface area (Å²) >= 11 is 0. The van der Waals surface area contributed by atoms with Gasteiger partial charge in [-0.1, -0.05) is 41.8 Å². The Morgan fingerprint density at radius 1 is 1.12 bits per heavy atom. The van der Waals surface area contributed by atoms with E-state index >= 15 is 0 Å². The van der Waals surface area contributed by atoms with Gasteiger partial charge in [0, 0.05) is 13.1 Å². The Labute approximate surface area is 154 Å². The molecule has 0 radical (unpaired) electrons. The van der Waals surface area contributed by atoms with E-state index in [1.54, 1.807) is 13.2 Å². The minimum Gasteiger partial charge on any atom is -0.493 e. The lowest BCUT2D eigenvalue weighted by atomic mass is 10.1. The third-order valence-corrected chi connectivity index (χ3v) is 3.77. The molecule has 5 heteroatoms. The lowest BCUT2D eigenvalue weighted by Crippen LogP contribution is -2.36. The molecule has 0 spiro atoms. The minimum atomic E-state index is -0.209. The number of benzene rings is 2. The highest BCUT2D eigenvalue weighted by Crippen LogP contribution is 2.27. The maximum Gasteiger partial charge on any atom is 0.315 e. The summed E-state index contributed by atoms with van der Waals surface area (Å²) in [4.78, 5) is 11.9. The first kappa shape index (κ1) is 19.2. The second-order valence-corrected chi connectivity index (χ2v) is 5.83. The number of amides is 2. The fourth-order valence-electron chi connectivity index (χ4n) is 2.50. The predicted molar refractivity (Wildman–Crippen MR) is 102 cm³/mol.